The van der Waals surface area contributed by atoms with E-state index in [4.69, 9.17) is 0 Å². The van der Waals surface area contributed by atoms with E-state index in [0.717, 1.165) is 24.5 Å². The molecule has 0 atom stereocenters. The van der Waals surface area contributed by atoms with E-state index in [2.05, 4.69) is 15.6 Å². The van der Waals surface area contributed by atoms with Crippen molar-refractivity contribution >= 4 is 17.4 Å². The van der Waals surface area contributed by atoms with Crippen LogP contribution in [0.1, 0.15) is 15.9 Å². The predicted molar refractivity (Wildman–Crippen MR) is 80.2 cm³/mol. The van der Waals surface area contributed by atoms with Crippen molar-refractivity contribution in [3.05, 3.63) is 65.5 Å². The van der Waals surface area contributed by atoms with Gasteiger partial charge in [0.25, 0.3) is 5.91 Å². The minimum absolute atomic E-state index is 0.277. The van der Waals surface area contributed by atoms with E-state index in [1.54, 1.807) is 0 Å². The number of anilines is 1. The maximum atomic E-state index is 12.9. The molecule has 0 spiro atoms. The SMILES string of the molecule is O=C(Nc1ccccc1C1=NCCN1)c1ccc(F)cc1. The Bertz CT molecular complexity index is 695. The molecule has 1 aliphatic heterocycles. The predicted octanol–water partition coefficient (Wildman–Crippen LogP) is 2.43. The molecule has 0 bridgehead atoms. The Morgan fingerprint density at radius 2 is 1.90 bits per heavy atom. The average Bonchev–Trinajstić information content (AvgIpc) is 3.02. The monoisotopic (exact) mass is 283 g/mol. The summed E-state index contributed by atoms with van der Waals surface area (Å²) in [4.78, 5) is 16.6. The van der Waals surface area contributed by atoms with Crippen LogP contribution in [0.15, 0.2) is 53.5 Å². The lowest BCUT2D eigenvalue weighted by Gasteiger charge is -2.11. The third kappa shape index (κ3) is 2.91. The van der Waals surface area contributed by atoms with Crippen LogP contribution in [-0.2, 0) is 0 Å². The minimum Gasteiger partial charge on any atom is -0.368 e. The standard InChI is InChI=1S/C16H14FN3O/c17-12-7-5-11(6-8-12)16(21)20-14-4-2-1-3-13(14)15-18-9-10-19-15/h1-8H,9-10H2,(H,18,19)(H,20,21). The number of rotatable bonds is 3. The van der Waals surface area contributed by atoms with Gasteiger partial charge in [-0.1, -0.05) is 12.1 Å². The fourth-order valence-electron chi connectivity index (χ4n) is 2.17. The van der Waals surface area contributed by atoms with E-state index in [0.29, 0.717) is 11.3 Å². The first-order valence-corrected chi connectivity index (χ1v) is 6.69. The Hall–Kier alpha value is -2.69. The van der Waals surface area contributed by atoms with E-state index in [1.165, 1.54) is 24.3 Å². The van der Waals surface area contributed by atoms with Crippen molar-refractivity contribution in [3.63, 3.8) is 0 Å². The van der Waals surface area contributed by atoms with Crippen LogP contribution in [0.2, 0.25) is 0 Å². The highest BCUT2D eigenvalue weighted by Crippen LogP contribution is 2.18. The number of nitrogens with one attached hydrogen (secondary N) is 2. The molecule has 1 aliphatic rings. The molecular formula is C16H14FN3O. The molecule has 0 aliphatic carbocycles. The molecule has 1 heterocycles. The van der Waals surface area contributed by atoms with Crippen molar-refractivity contribution in [3.8, 4) is 0 Å². The summed E-state index contributed by atoms with van der Waals surface area (Å²) in [5.74, 6) is 0.141. The molecule has 4 nitrogen and oxygen atoms in total. The van der Waals surface area contributed by atoms with Crippen LogP contribution in [-0.4, -0.2) is 24.8 Å². The molecule has 2 N–H and O–H groups in total. The largest absolute Gasteiger partial charge is 0.368 e. The number of halogens is 1. The summed E-state index contributed by atoms with van der Waals surface area (Å²) < 4.78 is 12.9. The number of aliphatic imine (C=N–C) groups is 1. The fourth-order valence-corrected chi connectivity index (χ4v) is 2.17. The molecule has 2 aromatic carbocycles. The van der Waals surface area contributed by atoms with E-state index in [9.17, 15) is 9.18 Å². The number of amides is 1. The lowest BCUT2D eigenvalue weighted by molar-refractivity contribution is 0.102. The van der Waals surface area contributed by atoms with Crippen molar-refractivity contribution in [2.75, 3.05) is 18.4 Å². The number of amidine groups is 1. The smallest absolute Gasteiger partial charge is 0.255 e. The Balaban J connectivity index is 1.84. The van der Waals surface area contributed by atoms with Gasteiger partial charge in [-0.05, 0) is 36.4 Å². The second-order valence-electron chi connectivity index (χ2n) is 4.66. The summed E-state index contributed by atoms with van der Waals surface area (Å²) in [5, 5.41) is 6.02. The molecule has 106 valence electrons. The van der Waals surface area contributed by atoms with Crippen LogP contribution < -0.4 is 10.6 Å². The number of nitrogens with zero attached hydrogens (tertiary/aromatic N) is 1. The van der Waals surface area contributed by atoms with Gasteiger partial charge < -0.3 is 10.6 Å². The highest BCUT2D eigenvalue weighted by atomic mass is 19.1. The van der Waals surface area contributed by atoms with E-state index in [1.807, 2.05) is 24.3 Å². The van der Waals surface area contributed by atoms with Crippen LogP contribution in [0.3, 0.4) is 0 Å². The lowest BCUT2D eigenvalue weighted by Crippen LogP contribution is -2.22. The highest BCUT2D eigenvalue weighted by Gasteiger charge is 2.14. The highest BCUT2D eigenvalue weighted by molar-refractivity contribution is 6.10. The van der Waals surface area contributed by atoms with Crippen LogP contribution in [0, 0.1) is 5.82 Å². The summed E-state index contributed by atoms with van der Waals surface area (Å²) >= 11 is 0. The molecule has 5 heteroatoms. The molecule has 1 amide bonds. The van der Waals surface area contributed by atoms with Crippen LogP contribution in [0.25, 0.3) is 0 Å². The second-order valence-corrected chi connectivity index (χ2v) is 4.66. The molecule has 0 aromatic heterocycles. The Morgan fingerprint density at radius 1 is 1.14 bits per heavy atom. The molecule has 21 heavy (non-hydrogen) atoms. The zero-order valence-corrected chi connectivity index (χ0v) is 11.3. The summed E-state index contributed by atoms with van der Waals surface area (Å²) in [6.45, 7) is 1.53. The van der Waals surface area contributed by atoms with Gasteiger partial charge in [0.2, 0.25) is 0 Å². The van der Waals surface area contributed by atoms with Crippen molar-refractivity contribution in [1.29, 1.82) is 0 Å². The van der Waals surface area contributed by atoms with Gasteiger partial charge in [-0.3, -0.25) is 9.79 Å². The fraction of sp³-hybridized carbons (Fsp3) is 0.125. The molecule has 2 aromatic rings. The summed E-state index contributed by atoms with van der Waals surface area (Å²) in [7, 11) is 0. The number of benzene rings is 2. The van der Waals surface area contributed by atoms with Crippen molar-refractivity contribution in [2.24, 2.45) is 4.99 Å². The van der Waals surface area contributed by atoms with E-state index in [-0.39, 0.29) is 11.7 Å². The van der Waals surface area contributed by atoms with Crippen molar-refractivity contribution in [2.45, 2.75) is 0 Å². The Morgan fingerprint density at radius 3 is 2.62 bits per heavy atom. The summed E-state index contributed by atoms with van der Waals surface area (Å²) in [6.07, 6.45) is 0. The normalized spacial score (nSPS) is 13.5. The minimum atomic E-state index is -0.364. The molecule has 3 rings (SSSR count). The molecule has 0 saturated carbocycles. The van der Waals surface area contributed by atoms with Gasteiger partial charge in [-0.2, -0.15) is 0 Å². The number of carbonyl (C=O) groups excluding carboxylic acids is 1. The third-order valence-corrected chi connectivity index (χ3v) is 3.21. The van der Waals surface area contributed by atoms with Gasteiger partial charge in [0.05, 0.1) is 12.2 Å². The van der Waals surface area contributed by atoms with Gasteiger partial charge in [0.15, 0.2) is 0 Å². The lowest BCUT2D eigenvalue weighted by atomic mass is 10.1. The van der Waals surface area contributed by atoms with E-state index >= 15 is 0 Å². The molecule has 0 saturated heterocycles. The zero-order valence-electron chi connectivity index (χ0n) is 11.3. The average molecular weight is 283 g/mol. The Kier molecular flexibility index (Phi) is 3.64. The van der Waals surface area contributed by atoms with Gasteiger partial charge in [0, 0.05) is 17.7 Å². The number of para-hydroxylation sites is 1. The van der Waals surface area contributed by atoms with Crippen LogP contribution in [0.4, 0.5) is 10.1 Å². The van der Waals surface area contributed by atoms with Crippen LogP contribution >= 0.6 is 0 Å². The topological polar surface area (TPSA) is 53.5 Å². The van der Waals surface area contributed by atoms with Gasteiger partial charge >= 0.3 is 0 Å². The number of hydrogen-bond donors (Lipinski definition) is 2. The van der Waals surface area contributed by atoms with Crippen LogP contribution in [0.5, 0.6) is 0 Å². The summed E-state index contributed by atoms with van der Waals surface area (Å²) in [6, 6.07) is 12.9. The third-order valence-electron chi connectivity index (χ3n) is 3.21. The maximum Gasteiger partial charge on any atom is 0.255 e. The van der Waals surface area contributed by atoms with Gasteiger partial charge in [0.1, 0.15) is 11.7 Å². The number of carbonyl (C=O) groups is 1. The van der Waals surface area contributed by atoms with Gasteiger partial charge in [-0.15, -0.1) is 0 Å². The molecule has 0 unspecified atom stereocenters. The number of hydrogen-bond acceptors (Lipinski definition) is 3. The molecule has 0 radical (unpaired) electrons. The second kappa shape index (κ2) is 5.75. The molecular weight excluding hydrogens is 269 g/mol. The first kappa shape index (κ1) is 13.3. The Labute approximate surface area is 121 Å². The van der Waals surface area contributed by atoms with E-state index < -0.39 is 0 Å². The quantitative estimate of drug-likeness (QED) is 0.909. The van der Waals surface area contributed by atoms with Crippen molar-refractivity contribution in [1.82, 2.24) is 5.32 Å². The summed E-state index contributed by atoms with van der Waals surface area (Å²) in [5.41, 5.74) is 1.94. The van der Waals surface area contributed by atoms with Gasteiger partial charge in [-0.25, -0.2) is 4.39 Å². The first-order chi connectivity index (χ1) is 10.2. The first-order valence-electron chi connectivity index (χ1n) is 6.69. The zero-order chi connectivity index (χ0) is 14.7. The molecule has 0 fully saturated rings. The maximum absolute atomic E-state index is 12.9. The van der Waals surface area contributed by atoms with Crippen molar-refractivity contribution < 1.29 is 9.18 Å².